The molecule has 0 aromatic carbocycles. The molecule has 0 saturated carbocycles. The lowest BCUT2D eigenvalue weighted by molar-refractivity contribution is -0.126. The lowest BCUT2D eigenvalue weighted by Crippen LogP contribution is -2.39. The molecule has 24 heavy (non-hydrogen) atoms. The Hall–Kier alpha value is -0.240. The van der Waals surface area contributed by atoms with Crippen LogP contribution in [0.5, 0.6) is 0 Å². The Bertz CT molecular complexity index is 303. The van der Waals surface area contributed by atoms with Gasteiger partial charge in [-0.1, -0.05) is 27.7 Å². The van der Waals surface area contributed by atoms with Crippen LogP contribution in [0.25, 0.3) is 0 Å². The molecule has 0 bridgehead atoms. The fourth-order valence-electron chi connectivity index (χ4n) is 3.15. The van der Waals surface area contributed by atoms with Crippen LogP contribution < -0.4 is 0 Å². The van der Waals surface area contributed by atoms with Gasteiger partial charge in [0.1, 0.15) is 0 Å². The van der Waals surface area contributed by atoms with Crippen molar-refractivity contribution in [3.8, 4) is 0 Å². The SMILES string of the molecule is CC(C)C1CC(O)C[C@@H](CO)O1.CC(C)C1C[C@@H](O)CC(CO)O1. The van der Waals surface area contributed by atoms with E-state index >= 15 is 0 Å². The van der Waals surface area contributed by atoms with E-state index in [-0.39, 0.29) is 49.8 Å². The third-order valence-corrected chi connectivity index (χ3v) is 4.71. The molecule has 2 aliphatic heterocycles. The summed E-state index contributed by atoms with van der Waals surface area (Å²) in [6, 6.07) is 0. The Morgan fingerprint density at radius 2 is 1.04 bits per heavy atom. The van der Waals surface area contributed by atoms with Crippen molar-refractivity contribution in [1.82, 2.24) is 0 Å². The van der Waals surface area contributed by atoms with Gasteiger partial charge >= 0.3 is 0 Å². The molecule has 0 spiro atoms. The van der Waals surface area contributed by atoms with E-state index in [1.165, 1.54) is 0 Å². The number of rotatable bonds is 4. The standard InChI is InChI=1S/2C9H18O3/c2*1-6(2)9-4-7(11)3-8(5-10)12-9/h2*6-11H,3-5H2,1-2H3/t7?,8-,9?;7-,8?,9?/m00/s1. The summed E-state index contributed by atoms with van der Waals surface area (Å²) in [5, 5.41) is 36.6. The minimum atomic E-state index is -0.303. The molecule has 4 unspecified atom stereocenters. The van der Waals surface area contributed by atoms with Crippen LogP contribution in [0, 0.1) is 11.8 Å². The molecule has 2 aliphatic rings. The zero-order chi connectivity index (χ0) is 18.3. The minimum Gasteiger partial charge on any atom is -0.394 e. The highest BCUT2D eigenvalue weighted by Gasteiger charge is 2.30. The molecule has 0 amide bonds. The maximum atomic E-state index is 9.44. The van der Waals surface area contributed by atoms with Gasteiger partial charge in [-0.25, -0.2) is 0 Å². The molecule has 0 aromatic heterocycles. The van der Waals surface area contributed by atoms with Gasteiger partial charge in [-0.05, 0) is 24.7 Å². The van der Waals surface area contributed by atoms with Gasteiger partial charge in [-0.3, -0.25) is 0 Å². The van der Waals surface area contributed by atoms with E-state index in [2.05, 4.69) is 27.7 Å². The second-order valence-electron chi connectivity index (χ2n) is 7.70. The van der Waals surface area contributed by atoms with Gasteiger partial charge in [0.05, 0.1) is 49.8 Å². The molecule has 4 N–H and O–H groups in total. The monoisotopic (exact) mass is 348 g/mol. The summed E-state index contributed by atoms with van der Waals surface area (Å²) < 4.78 is 11.1. The molecule has 6 atom stereocenters. The number of hydrogen-bond donors (Lipinski definition) is 4. The van der Waals surface area contributed by atoms with E-state index in [0.717, 1.165) is 0 Å². The van der Waals surface area contributed by atoms with E-state index < -0.39 is 0 Å². The van der Waals surface area contributed by atoms with Crippen LogP contribution in [-0.4, -0.2) is 70.3 Å². The van der Waals surface area contributed by atoms with Crippen molar-refractivity contribution in [3.63, 3.8) is 0 Å². The zero-order valence-corrected chi connectivity index (χ0v) is 15.5. The predicted molar refractivity (Wildman–Crippen MR) is 91.7 cm³/mol. The van der Waals surface area contributed by atoms with Crippen LogP contribution in [0.3, 0.4) is 0 Å². The van der Waals surface area contributed by atoms with Crippen LogP contribution in [0.4, 0.5) is 0 Å². The van der Waals surface area contributed by atoms with Crippen LogP contribution in [0.1, 0.15) is 53.4 Å². The molecular formula is C18H36O6. The molecule has 0 aliphatic carbocycles. The van der Waals surface area contributed by atoms with Crippen LogP contribution in [0.2, 0.25) is 0 Å². The molecule has 6 nitrogen and oxygen atoms in total. The molecule has 0 aromatic rings. The second kappa shape index (κ2) is 10.7. The van der Waals surface area contributed by atoms with Crippen LogP contribution in [-0.2, 0) is 9.47 Å². The van der Waals surface area contributed by atoms with Gasteiger partial charge in [-0.15, -0.1) is 0 Å². The molecule has 2 heterocycles. The van der Waals surface area contributed by atoms with Crippen molar-refractivity contribution >= 4 is 0 Å². The number of aliphatic hydroxyl groups is 4. The smallest absolute Gasteiger partial charge is 0.0834 e. The Morgan fingerprint density at radius 3 is 1.29 bits per heavy atom. The molecule has 144 valence electrons. The molecule has 2 fully saturated rings. The first kappa shape index (κ1) is 21.8. The summed E-state index contributed by atoms with van der Waals surface area (Å²) in [7, 11) is 0. The summed E-state index contributed by atoms with van der Waals surface area (Å²) in [4.78, 5) is 0. The van der Waals surface area contributed by atoms with Gasteiger partial charge in [0.15, 0.2) is 0 Å². The maximum absolute atomic E-state index is 9.44. The molecule has 2 saturated heterocycles. The summed E-state index contributed by atoms with van der Waals surface area (Å²) >= 11 is 0. The van der Waals surface area contributed by atoms with E-state index in [1.807, 2.05) is 0 Å². The van der Waals surface area contributed by atoms with E-state index in [9.17, 15) is 10.2 Å². The Balaban J connectivity index is 0.000000240. The van der Waals surface area contributed by atoms with Crippen molar-refractivity contribution in [2.45, 2.75) is 90.0 Å². The highest BCUT2D eigenvalue weighted by Crippen LogP contribution is 2.25. The third kappa shape index (κ3) is 7.33. The van der Waals surface area contributed by atoms with E-state index in [4.69, 9.17) is 19.7 Å². The molecule has 2 rings (SSSR count). The van der Waals surface area contributed by atoms with Crippen molar-refractivity contribution in [1.29, 1.82) is 0 Å². The molecule has 6 heteroatoms. The first-order chi connectivity index (χ1) is 11.3. The Kier molecular flexibility index (Phi) is 9.71. The summed E-state index contributed by atoms with van der Waals surface area (Å²) in [5.41, 5.74) is 0. The van der Waals surface area contributed by atoms with Crippen LogP contribution >= 0.6 is 0 Å². The summed E-state index contributed by atoms with van der Waals surface area (Å²) in [6.45, 7) is 8.29. The lowest BCUT2D eigenvalue weighted by atomic mass is 9.94. The minimum absolute atomic E-state index is 0.0142. The van der Waals surface area contributed by atoms with Gasteiger partial charge in [0, 0.05) is 12.8 Å². The normalized spacial score (nSPS) is 37.2. The van der Waals surface area contributed by atoms with E-state index in [1.54, 1.807) is 0 Å². The van der Waals surface area contributed by atoms with Crippen molar-refractivity contribution in [2.24, 2.45) is 11.8 Å². The summed E-state index contributed by atoms with van der Waals surface area (Å²) in [5.74, 6) is 0.822. The van der Waals surface area contributed by atoms with Crippen molar-refractivity contribution < 1.29 is 29.9 Å². The zero-order valence-electron chi connectivity index (χ0n) is 15.5. The van der Waals surface area contributed by atoms with Crippen LogP contribution in [0.15, 0.2) is 0 Å². The van der Waals surface area contributed by atoms with Gasteiger partial charge < -0.3 is 29.9 Å². The maximum Gasteiger partial charge on any atom is 0.0834 e. The van der Waals surface area contributed by atoms with Crippen molar-refractivity contribution in [2.75, 3.05) is 13.2 Å². The average molecular weight is 348 g/mol. The molecule has 0 radical (unpaired) electrons. The predicted octanol–water partition coefficient (Wildman–Crippen LogP) is 1.09. The second-order valence-corrected chi connectivity index (χ2v) is 7.70. The van der Waals surface area contributed by atoms with Gasteiger partial charge in [0.25, 0.3) is 0 Å². The fraction of sp³-hybridized carbons (Fsp3) is 1.00. The average Bonchev–Trinajstić information content (AvgIpc) is 2.54. The van der Waals surface area contributed by atoms with Gasteiger partial charge in [0.2, 0.25) is 0 Å². The quantitative estimate of drug-likeness (QED) is 0.607. The first-order valence-electron chi connectivity index (χ1n) is 9.15. The number of hydrogen-bond acceptors (Lipinski definition) is 6. The fourth-order valence-corrected chi connectivity index (χ4v) is 3.15. The number of aliphatic hydroxyl groups excluding tert-OH is 4. The Morgan fingerprint density at radius 1 is 0.708 bits per heavy atom. The van der Waals surface area contributed by atoms with E-state index in [0.29, 0.717) is 37.5 Å². The van der Waals surface area contributed by atoms with Crippen molar-refractivity contribution in [3.05, 3.63) is 0 Å². The third-order valence-electron chi connectivity index (χ3n) is 4.71. The summed E-state index contributed by atoms with van der Waals surface area (Å²) in [6.07, 6.45) is 1.81. The first-order valence-corrected chi connectivity index (χ1v) is 9.15. The highest BCUT2D eigenvalue weighted by atomic mass is 16.5. The lowest BCUT2D eigenvalue weighted by Gasteiger charge is -2.34. The molecular weight excluding hydrogens is 312 g/mol. The Labute approximate surface area is 145 Å². The number of ether oxygens (including phenoxy) is 2. The highest BCUT2D eigenvalue weighted by molar-refractivity contribution is 4.79. The van der Waals surface area contributed by atoms with Gasteiger partial charge in [-0.2, -0.15) is 0 Å². The largest absolute Gasteiger partial charge is 0.394 e. The topological polar surface area (TPSA) is 99.4 Å².